The van der Waals surface area contributed by atoms with Crippen molar-refractivity contribution in [1.29, 1.82) is 0 Å². The lowest BCUT2D eigenvalue weighted by Crippen LogP contribution is -2.12. The Morgan fingerprint density at radius 1 is 0.536 bits per heavy atom. The molecule has 2 nitrogen and oxygen atoms in total. The molecule has 0 radical (unpaired) electrons. The highest BCUT2D eigenvalue weighted by Crippen LogP contribution is 2.52. The fourth-order valence-electron chi connectivity index (χ4n) is 11.6. The van der Waals surface area contributed by atoms with E-state index in [2.05, 4.69) is 249 Å². The third-order valence-corrected chi connectivity index (χ3v) is 14.9. The van der Waals surface area contributed by atoms with E-state index in [1.807, 2.05) is 0 Å². The first-order chi connectivity index (χ1) is 34.0. The number of fused-ring (bicyclic) bond motifs is 8. The standard InChI is InChI=1S/C49H43N.C18H13N/c1-4-11-44-42-14-7-8-15-43(42)46-18-9-17-45(49(44)46)40-16-10-19-48(33(40)3)50(38-26-20-32(2)21-27-38)39-28-24-34(25-29-39)35-22-23-37-30-36-12-5-6-13-41(36)47(37)31-35;1-2-8-14(9-3-1)19-17-12-6-4-10-15(17)16-11-5-7-13-18(16)19/h6-10,13-29,31,44H,4-5,11-12,30H2,1-3H3;1-13H. The summed E-state index contributed by atoms with van der Waals surface area (Å²) in [6, 6.07) is 75.7. The molecule has 334 valence electrons. The van der Waals surface area contributed by atoms with Crippen molar-refractivity contribution in [3.8, 4) is 39.1 Å². The van der Waals surface area contributed by atoms with Crippen LogP contribution < -0.4 is 4.90 Å². The zero-order valence-electron chi connectivity index (χ0n) is 39.8. The number of para-hydroxylation sites is 3. The van der Waals surface area contributed by atoms with Gasteiger partial charge in [0.05, 0.1) is 11.0 Å². The molecule has 0 spiro atoms. The van der Waals surface area contributed by atoms with E-state index in [0.717, 1.165) is 24.9 Å². The maximum atomic E-state index is 2.44. The monoisotopic (exact) mass is 888 g/mol. The van der Waals surface area contributed by atoms with Gasteiger partial charge in [-0.2, -0.15) is 0 Å². The molecule has 0 bridgehead atoms. The van der Waals surface area contributed by atoms with Crippen molar-refractivity contribution in [2.75, 3.05) is 4.90 Å². The van der Waals surface area contributed by atoms with Crippen LogP contribution >= 0.6 is 0 Å². The second-order valence-corrected chi connectivity index (χ2v) is 19.1. The molecule has 1 heterocycles. The first-order valence-corrected chi connectivity index (χ1v) is 24.9. The van der Waals surface area contributed by atoms with Gasteiger partial charge < -0.3 is 9.47 Å². The summed E-state index contributed by atoms with van der Waals surface area (Å²) in [6.07, 6.45) is 10.5. The fraction of sp³-hybridized carbons (Fsp3) is 0.134. The Balaban J connectivity index is 0.000000215. The van der Waals surface area contributed by atoms with Crippen LogP contribution in [0.5, 0.6) is 0 Å². The molecule has 1 atom stereocenters. The van der Waals surface area contributed by atoms with Gasteiger partial charge in [0, 0.05) is 39.4 Å². The molecular formula is C67H56N2. The molecule has 10 aromatic rings. The Morgan fingerprint density at radius 2 is 1.14 bits per heavy atom. The van der Waals surface area contributed by atoms with Gasteiger partial charge in [0.1, 0.15) is 0 Å². The molecule has 69 heavy (non-hydrogen) atoms. The molecule has 3 aliphatic carbocycles. The van der Waals surface area contributed by atoms with Crippen LogP contribution in [0.4, 0.5) is 17.1 Å². The van der Waals surface area contributed by atoms with Crippen molar-refractivity contribution in [1.82, 2.24) is 4.57 Å². The normalized spacial score (nSPS) is 14.3. The van der Waals surface area contributed by atoms with E-state index in [1.54, 1.807) is 5.57 Å². The molecule has 0 N–H and O–H groups in total. The van der Waals surface area contributed by atoms with Crippen LogP contribution in [0.3, 0.4) is 0 Å². The maximum Gasteiger partial charge on any atom is 0.0541 e. The van der Waals surface area contributed by atoms with Gasteiger partial charge in [-0.3, -0.25) is 0 Å². The smallest absolute Gasteiger partial charge is 0.0541 e. The number of anilines is 3. The van der Waals surface area contributed by atoms with E-state index in [4.69, 9.17) is 0 Å². The predicted molar refractivity (Wildman–Crippen MR) is 293 cm³/mol. The van der Waals surface area contributed by atoms with Crippen LogP contribution in [-0.2, 0) is 6.42 Å². The van der Waals surface area contributed by atoms with E-state index in [-0.39, 0.29) is 0 Å². The molecule has 9 aromatic carbocycles. The lowest BCUT2D eigenvalue weighted by atomic mass is 9.85. The average Bonchev–Trinajstić information content (AvgIpc) is 4.06. The molecule has 0 saturated heterocycles. The quantitative estimate of drug-likeness (QED) is 0.148. The number of aromatic nitrogens is 1. The molecule has 3 aliphatic rings. The lowest BCUT2D eigenvalue weighted by molar-refractivity contribution is 0.712. The van der Waals surface area contributed by atoms with Crippen LogP contribution in [0.15, 0.2) is 224 Å². The number of hydrogen-bond acceptors (Lipinski definition) is 1. The predicted octanol–water partition coefficient (Wildman–Crippen LogP) is 18.5. The molecule has 0 fully saturated rings. The zero-order chi connectivity index (χ0) is 46.4. The van der Waals surface area contributed by atoms with Crippen LogP contribution in [-0.4, -0.2) is 4.57 Å². The zero-order valence-corrected chi connectivity index (χ0v) is 39.8. The fourth-order valence-corrected chi connectivity index (χ4v) is 11.6. The minimum atomic E-state index is 0.419. The molecule has 0 amide bonds. The summed E-state index contributed by atoms with van der Waals surface area (Å²) < 4.78 is 2.32. The Morgan fingerprint density at radius 3 is 1.88 bits per heavy atom. The van der Waals surface area contributed by atoms with Crippen LogP contribution in [0.2, 0.25) is 0 Å². The van der Waals surface area contributed by atoms with Gasteiger partial charge in [-0.05, 0) is 167 Å². The molecule has 0 aliphatic heterocycles. The summed E-state index contributed by atoms with van der Waals surface area (Å²) in [5.74, 6) is 0.419. The third kappa shape index (κ3) is 7.52. The van der Waals surface area contributed by atoms with Gasteiger partial charge in [0.25, 0.3) is 0 Å². The third-order valence-electron chi connectivity index (χ3n) is 14.9. The summed E-state index contributed by atoms with van der Waals surface area (Å²) >= 11 is 0. The Bertz CT molecular complexity index is 3550. The van der Waals surface area contributed by atoms with Crippen molar-refractivity contribution in [3.63, 3.8) is 0 Å². The SMILES string of the molecule is CCCC1c2ccccc2-c2cccc(-c3cccc(N(c4ccc(C)cc4)c4ccc(-c5ccc6c(c5)C5=C(CCC=C5)C6)cc4)c3C)c21.c1ccc(-n2c3ccccc3c3ccccc32)cc1. The molecule has 1 aromatic heterocycles. The number of hydrogen-bond donors (Lipinski definition) is 0. The van der Waals surface area contributed by atoms with Crippen molar-refractivity contribution >= 4 is 44.4 Å². The van der Waals surface area contributed by atoms with Crippen molar-refractivity contribution in [2.45, 2.75) is 58.8 Å². The highest BCUT2D eigenvalue weighted by Gasteiger charge is 2.31. The van der Waals surface area contributed by atoms with Crippen molar-refractivity contribution in [2.24, 2.45) is 0 Å². The van der Waals surface area contributed by atoms with Gasteiger partial charge in [-0.15, -0.1) is 0 Å². The van der Waals surface area contributed by atoms with Crippen LogP contribution in [0.25, 0.3) is 66.4 Å². The first-order valence-electron chi connectivity index (χ1n) is 24.9. The summed E-state index contributed by atoms with van der Waals surface area (Å²) in [7, 11) is 0. The van der Waals surface area contributed by atoms with Crippen LogP contribution in [0.1, 0.15) is 71.9 Å². The first kappa shape index (κ1) is 42.4. The minimum absolute atomic E-state index is 0.419. The number of rotatable bonds is 8. The van der Waals surface area contributed by atoms with E-state index in [9.17, 15) is 0 Å². The minimum Gasteiger partial charge on any atom is -0.310 e. The molecule has 1 unspecified atom stereocenters. The molecule has 2 heteroatoms. The molecule has 13 rings (SSSR count). The van der Waals surface area contributed by atoms with Gasteiger partial charge >= 0.3 is 0 Å². The number of nitrogens with zero attached hydrogens (tertiary/aromatic N) is 2. The molecule has 0 saturated carbocycles. The van der Waals surface area contributed by atoms with E-state index >= 15 is 0 Å². The number of aryl methyl sites for hydroxylation is 1. The van der Waals surface area contributed by atoms with Gasteiger partial charge in [0.15, 0.2) is 0 Å². The summed E-state index contributed by atoms with van der Waals surface area (Å²) in [5.41, 5.74) is 26.7. The summed E-state index contributed by atoms with van der Waals surface area (Å²) in [4.78, 5) is 2.44. The number of allylic oxidation sites excluding steroid dienone is 4. The van der Waals surface area contributed by atoms with E-state index in [1.165, 1.54) is 124 Å². The van der Waals surface area contributed by atoms with E-state index in [0.29, 0.717) is 5.92 Å². The summed E-state index contributed by atoms with van der Waals surface area (Å²) in [5, 5.41) is 2.61. The van der Waals surface area contributed by atoms with Gasteiger partial charge in [0.2, 0.25) is 0 Å². The second-order valence-electron chi connectivity index (χ2n) is 19.1. The van der Waals surface area contributed by atoms with E-state index < -0.39 is 0 Å². The molecular weight excluding hydrogens is 833 g/mol. The number of benzene rings is 9. The highest BCUT2D eigenvalue weighted by molar-refractivity contribution is 6.09. The van der Waals surface area contributed by atoms with Crippen LogP contribution in [0, 0.1) is 13.8 Å². The highest BCUT2D eigenvalue weighted by atomic mass is 15.1. The lowest BCUT2D eigenvalue weighted by Gasteiger charge is -2.29. The topological polar surface area (TPSA) is 8.17 Å². The van der Waals surface area contributed by atoms with Gasteiger partial charge in [-0.25, -0.2) is 0 Å². The Kier molecular flexibility index (Phi) is 11.0. The largest absolute Gasteiger partial charge is 0.310 e. The van der Waals surface area contributed by atoms with Crippen molar-refractivity contribution in [3.05, 3.63) is 257 Å². The summed E-state index contributed by atoms with van der Waals surface area (Å²) in [6.45, 7) is 6.78. The van der Waals surface area contributed by atoms with Gasteiger partial charge in [-0.1, -0.05) is 182 Å². The Hall–Kier alpha value is -7.94. The second kappa shape index (κ2) is 17.9. The average molecular weight is 889 g/mol. The van der Waals surface area contributed by atoms with Crippen molar-refractivity contribution < 1.29 is 0 Å². The maximum absolute atomic E-state index is 2.44. The Labute approximate surface area is 407 Å².